The molecule has 2 aromatic rings. The number of hydrogen-bond donors (Lipinski definition) is 1. The lowest BCUT2D eigenvalue weighted by atomic mass is 10.2. The molecule has 11 nitrogen and oxygen atoms in total. The van der Waals surface area contributed by atoms with Gasteiger partial charge in [0.25, 0.3) is 0 Å². The molecule has 2 aromatic heterocycles. The third-order valence-corrected chi connectivity index (χ3v) is 6.58. The van der Waals surface area contributed by atoms with Crippen LogP contribution in [-0.2, 0) is 4.74 Å². The SMILES string of the molecule is Cc1c([N+](=O)[O-])c(OCCCNc2nc(Cl)ncc2Cl)nn1C1CCC(N2CCOCC2)C1. The van der Waals surface area contributed by atoms with Crippen molar-refractivity contribution in [3.05, 3.63) is 32.3 Å². The van der Waals surface area contributed by atoms with Gasteiger partial charge < -0.3 is 14.8 Å². The molecule has 2 fully saturated rings. The van der Waals surface area contributed by atoms with Crippen molar-refractivity contribution in [2.45, 2.75) is 44.7 Å². The maximum absolute atomic E-state index is 11.7. The second-order valence-electron chi connectivity index (χ2n) is 8.17. The number of anilines is 1. The van der Waals surface area contributed by atoms with Gasteiger partial charge >= 0.3 is 11.6 Å². The fraction of sp³-hybridized carbons (Fsp3) is 0.650. The predicted octanol–water partition coefficient (Wildman–Crippen LogP) is 3.50. The van der Waals surface area contributed by atoms with Crippen LogP contribution >= 0.6 is 23.2 Å². The minimum atomic E-state index is -0.413. The third kappa shape index (κ3) is 5.65. The first-order chi connectivity index (χ1) is 15.9. The summed E-state index contributed by atoms with van der Waals surface area (Å²) in [4.78, 5) is 21.6. The zero-order valence-electron chi connectivity index (χ0n) is 18.4. The van der Waals surface area contributed by atoms with Crippen LogP contribution in [0.3, 0.4) is 0 Å². The second-order valence-corrected chi connectivity index (χ2v) is 8.92. The molecule has 13 heteroatoms. The molecule has 0 spiro atoms. The molecule has 33 heavy (non-hydrogen) atoms. The van der Waals surface area contributed by atoms with E-state index >= 15 is 0 Å². The Hall–Kier alpha value is -2.21. The van der Waals surface area contributed by atoms with Crippen molar-refractivity contribution in [1.82, 2.24) is 24.6 Å². The van der Waals surface area contributed by atoms with Crippen molar-refractivity contribution in [3.63, 3.8) is 0 Å². The van der Waals surface area contributed by atoms with E-state index < -0.39 is 4.92 Å². The number of morpholine rings is 1. The van der Waals surface area contributed by atoms with Gasteiger partial charge in [0.1, 0.15) is 16.5 Å². The number of nitro groups is 1. The average Bonchev–Trinajstić information content (AvgIpc) is 3.41. The molecular weight excluding hydrogens is 473 g/mol. The fourth-order valence-corrected chi connectivity index (χ4v) is 4.79. The van der Waals surface area contributed by atoms with Gasteiger partial charge in [-0.25, -0.2) is 4.98 Å². The van der Waals surface area contributed by atoms with E-state index in [4.69, 9.17) is 32.7 Å². The molecule has 0 aromatic carbocycles. The number of halogens is 2. The highest BCUT2D eigenvalue weighted by atomic mass is 35.5. The lowest BCUT2D eigenvalue weighted by Crippen LogP contribution is -2.42. The minimum Gasteiger partial charge on any atom is -0.472 e. The molecule has 4 rings (SSSR count). The quantitative estimate of drug-likeness (QED) is 0.239. The summed E-state index contributed by atoms with van der Waals surface area (Å²) in [5.74, 6) is 0.495. The summed E-state index contributed by atoms with van der Waals surface area (Å²) in [5.41, 5.74) is 0.464. The Morgan fingerprint density at radius 2 is 2.06 bits per heavy atom. The summed E-state index contributed by atoms with van der Waals surface area (Å²) >= 11 is 11.8. The van der Waals surface area contributed by atoms with Gasteiger partial charge in [0.05, 0.1) is 37.0 Å². The molecule has 180 valence electrons. The molecule has 1 saturated carbocycles. The maximum Gasteiger partial charge on any atom is 0.352 e. The topological polar surface area (TPSA) is 120 Å². The number of hydrogen-bond acceptors (Lipinski definition) is 9. The Labute approximate surface area is 201 Å². The first-order valence-electron chi connectivity index (χ1n) is 11.0. The van der Waals surface area contributed by atoms with Crippen molar-refractivity contribution in [2.24, 2.45) is 0 Å². The number of ether oxygens (including phenoxy) is 2. The maximum atomic E-state index is 11.7. The fourth-order valence-electron chi connectivity index (χ4n) is 4.49. The van der Waals surface area contributed by atoms with Gasteiger partial charge in [-0.1, -0.05) is 11.6 Å². The van der Waals surface area contributed by atoms with Gasteiger partial charge in [0, 0.05) is 25.7 Å². The summed E-state index contributed by atoms with van der Waals surface area (Å²) in [6, 6.07) is 0.583. The van der Waals surface area contributed by atoms with Crippen molar-refractivity contribution in [2.75, 3.05) is 44.8 Å². The Morgan fingerprint density at radius 1 is 1.30 bits per heavy atom. The molecule has 2 aliphatic rings. The highest BCUT2D eigenvalue weighted by Gasteiger charge is 2.35. The highest BCUT2D eigenvalue weighted by Crippen LogP contribution is 2.38. The van der Waals surface area contributed by atoms with Crippen molar-refractivity contribution in [1.29, 1.82) is 0 Å². The van der Waals surface area contributed by atoms with Crippen LogP contribution in [0.25, 0.3) is 0 Å². The van der Waals surface area contributed by atoms with E-state index in [2.05, 4.69) is 25.3 Å². The van der Waals surface area contributed by atoms with Crippen LogP contribution in [0, 0.1) is 17.0 Å². The Bertz CT molecular complexity index is 984. The number of nitrogens with zero attached hydrogens (tertiary/aromatic N) is 6. The van der Waals surface area contributed by atoms with Gasteiger partial charge in [0.15, 0.2) is 0 Å². The summed E-state index contributed by atoms with van der Waals surface area (Å²) in [6.45, 7) is 5.87. The van der Waals surface area contributed by atoms with E-state index in [-0.39, 0.29) is 29.5 Å². The first-order valence-corrected chi connectivity index (χ1v) is 11.8. The summed E-state index contributed by atoms with van der Waals surface area (Å²) in [6.07, 6.45) is 4.89. The lowest BCUT2D eigenvalue weighted by Gasteiger charge is -2.32. The molecule has 2 unspecified atom stereocenters. The number of rotatable bonds is 9. The normalized spacial score (nSPS) is 21.3. The molecule has 0 bridgehead atoms. The highest BCUT2D eigenvalue weighted by molar-refractivity contribution is 6.33. The standard InChI is InChI=1S/C20H27Cl2N7O4/c1-13-17(29(30)31)19(33-8-2-5-23-18-16(21)12-24-20(22)25-18)26-28(13)15-4-3-14(11-15)27-6-9-32-10-7-27/h12,14-15H,2-11H2,1H3,(H,23,24,25). The summed E-state index contributed by atoms with van der Waals surface area (Å²) < 4.78 is 13.0. The summed E-state index contributed by atoms with van der Waals surface area (Å²) in [5, 5.41) is 19.7. The van der Waals surface area contributed by atoms with E-state index in [1.165, 1.54) is 6.20 Å². The Morgan fingerprint density at radius 3 is 2.82 bits per heavy atom. The van der Waals surface area contributed by atoms with Crippen LogP contribution < -0.4 is 10.1 Å². The zero-order valence-corrected chi connectivity index (χ0v) is 19.9. The molecule has 0 radical (unpaired) electrons. The van der Waals surface area contributed by atoms with Crippen LogP contribution in [0.15, 0.2) is 6.20 Å². The van der Waals surface area contributed by atoms with Gasteiger partial charge in [0.2, 0.25) is 5.28 Å². The van der Waals surface area contributed by atoms with E-state index in [0.29, 0.717) is 35.5 Å². The monoisotopic (exact) mass is 499 g/mol. The van der Waals surface area contributed by atoms with E-state index in [0.717, 1.165) is 45.6 Å². The third-order valence-electron chi connectivity index (χ3n) is 6.12. The van der Waals surface area contributed by atoms with Crippen molar-refractivity contribution >= 4 is 34.7 Å². The van der Waals surface area contributed by atoms with Crippen LogP contribution in [0.4, 0.5) is 11.5 Å². The molecule has 1 aliphatic heterocycles. The summed E-state index contributed by atoms with van der Waals surface area (Å²) in [7, 11) is 0. The van der Waals surface area contributed by atoms with E-state index in [9.17, 15) is 10.1 Å². The molecule has 1 aliphatic carbocycles. The molecule has 3 heterocycles. The molecule has 2 atom stereocenters. The van der Waals surface area contributed by atoms with Crippen molar-refractivity contribution < 1.29 is 14.4 Å². The van der Waals surface area contributed by atoms with Gasteiger partial charge in [-0.05, 0) is 44.2 Å². The smallest absolute Gasteiger partial charge is 0.352 e. The van der Waals surface area contributed by atoms with Crippen molar-refractivity contribution in [3.8, 4) is 5.88 Å². The van der Waals surface area contributed by atoms with Crippen LogP contribution in [-0.4, -0.2) is 75.1 Å². The first kappa shape index (κ1) is 23.9. The number of aromatic nitrogens is 4. The zero-order chi connectivity index (χ0) is 23.4. The van der Waals surface area contributed by atoms with Crippen LogP contribution in [0.5, 0.6) is 5.88 Å². The molecule has 0 amide bonds. The van der Waals surface area contributed by atoms with Gasteiger partial charge in [-0.3, -0.25) is 19.7 Å². The molecular formula is C20H27Cl2N7O4. The van der Waals surface area contributed by atoms with Gasteiger partial charge in [-0.2, -0.15) is 4.98 Å². The lowest BCUT2D eigenvalue weighted by molar-refractivity contribution is -0.386. The molecule has 1 saturated heterocycles. The van der Waals surface area contributed by atoms with Crippen LogP contribution in [0.2, 0.25) is 10.3 Å². The van der Waals surface area contributed by atoms with Crippen LogP contribution in [0.1, 0.15) is 37.4 Å². The predicted molar refractivity (Wildman–Crippen MR) is 123 cm³/mol. The number of nitrogens with one attached hydrogen (secondary N) is 1. The second kappa shape index (κ2) is 10.8. The van der Waals surface area contributed by atoms with E-state index in [1.807, 2.05) is 0 Å². The van der Waals surface area contributed by atoms with E-state index in [1.54, 1.807) is 11.6 Å². The Kier molecular flexibility index (Phi) is 7.84. The minimum absolute atomic E-state index is 0.0652. The Balaban J connectivity index is 1.35. The molecule has 1 N–H and O–H groups in total. The van der Waals surface area contributed by atoms with Gasteiger partial charge in [-0.15, -0.1) is 5.10 Å². The largest absolute Gasteiger partial charge is 0.472 e. The average molecular weight is 500 g/mol.